The Labute approximate surface area is 594 Å². The van der Waals surface area contributed by atoms with Crippen LogP contribution in [0.5, 0.6) is 11.5 Å². The summed E-state index contributed by atoms with van der Waals surface area (Å²) >= 11 is 19.2. The molecule has 4 heterocycles. The molecule has 1 fully saturated rings. The number of nitrogens with one attached hydrogen (secondary N) is 3. The third kappa shape index (κ3) is 16.2. The molecule has 3 atom stereocenters. The molecular formula is C82H79Cl3N10O4. The predicted molar refractivity (Wildman–Crippen MR) is 398 cm³/mol. The standard InChI is InChI=1S/C28H31ClN4O2.2C27H24ClN3O/c1-28(2,3)35-27(34)33-14-12-19(13-15-33)31-26-30-17-18-16-23(21-9-6-7-11-24(21)29)20-8-4-5-10-22(20)25(18)32-26;1-32-20-12-10-18(11-13-20)14-15-29-27-30-17-19-16-24(22-7-4-5-9-25(22)28)21-6-2-3-8-23(21)26(19)31-27;1-32-22-12-6-18(7-13-22)14-15-29-27-30-17-20-16-25(19-8-10-21(28)11-9-19)23-4-2-3-5-24(23)26(20)31-27/h4-11,17,19,23H,12-16H2,1-3H3,(H,30,31,32);2-13,17,24H,14-16H2,1H3,(H,29,30,31);2-13,17,25H,14-16H2,1H3,(H,29,30,31). The Morgan fingerprint density at radius 2 is 0.859 bits per heavy atom. The first-order valence-electron chi connectivity index (χ1n) is 33.8. The van der Waals surface area contributed by atoms with Gasteiger partial charge in [0.05, 0.1) is 31.3 Å². The molecule has 1 amide bonds. The lowest BCUT2D eigenvalue weighted by Gasteiger charge is -2.34. The second kappa shape index (κ2) is 30.9. The van der Waals surface area contributed by atoms with Crippen molar-refractivity contribution in [3.05, 3.63) is 289 Å². The lowest BCUT2D eigenvalue weighted by atomic mass is 9.78. The maximum Gasteiger partial charge on any atom is 0.410 e. The van der Waals surface area contributed by atoms with Crippen LogP contribution in [-0.4, -0.2) is 92.9 Å². The Hall–Kier alpha value is -9.86. The van der Waals surface area contributed by atoms with Crippen molar-refractivity contribution in [1.82, 2.24) is 34.8 Å². The van der Waals surface area contributed by atoms with Crippen molar-refractivity contribution < 1.29 is 19.0 Å². The van der Waals surface area contributed by atoms with Gasteiger partial charge in [0, 0.05) is 100 Å². The van der Waals surface area contributed by atoms with E-state index in [0.717, 1.165) is 135 Å². The van der Waals surface area contributed by atoms with Gasteiger partial charge in [-0.25, -0.2) is 34.7 Å². The van der Waals surface area contributed by atoms with Crippen LogP contribution in [0, 0.1) is 0 Å². The minimum atomic E-state index is -0.482. The van der Waals surface area contributed by atoms with E-state index in [9.17, 15) is 4.79 Å². The number of rotatable bonds is 15. The molecule has 4 aliphatic rings. The van der Waals surface area contributed by atoms with E-state index in [-0.39, 0.29) is 29.9 Å². The summed E-state index contributed by atoms with van der Waals surface area (Å²) in [6, 6.07) is 66.2. The molecule has 0 bridgehead atoms. The molecule has 3 unspecified atom stereocenters. The molecule has 14 nitrogen and oxygen atoms in total. The number of piperidine rings is 1. The number of fused-ring (bicyclic) bond motifs is 9. The number of carbonyl (C=O) groups excluding carboxylic acids is 1. The first-order valence-corrected chi connectivity index (χ1v) is 34.9. The number of anilines is 3. The number of nitrogens with zero attached hydrogens (tertiary/aromatic N) is 7. The van der Waals surface area contributed by atoms with Crippen LogP contribution < -0.4 is 25.4 Å². The highest BCUT2D eigenvalue weighted by atomic mass is 35.5. The zero-order chi connectivity index (χ0) is 68.4. The maximum atomic E-state index is 12.4. The van der Waals surface area contributed by atoms with Gasteiger partial charge in [0.1, 0.15) is 17.1 Å². The molecule has 0 radical (unpaired) electrons. The highest BCUT2D eigenvalue weighted by Crippen LogP contribution is 2.46. The second-order valence-electron chi connectivity index (χ2n) is 26.3. The quantitative estimate of drug-likeness (QED) is 0.0890. The molecule has 0 spiro atoms. The maximum absolute atomic E-state index is 12.4. The van der Waals surface area contributed by atoms with E-state index in [4.69, 9.17) is 64.0 Å². The molecule has 99 heavy (non-hydrogen) atoms. The van der Waals surface area contributed by atoms with Gasteiger partial charge in [-0.3, -0.25) is 0 Å². The van der Waals surface area contributed by atoms with E-state index in [1.807, 2.05) is 112 Å². The topological polar surface area (TPSA) is 161 Å². The molecule has 3 N–H and O–H groups in total. The average molecular weight is 1370 g/mol. The number of halogens is 3. The Bertz CT molecular complexity index is 4620. The van der Waals surface area contributed by atoms with Crippen LogP contribution in [0.15, 0.2) is 213 Å². The van der Waals surface area contributed by atoms with Gasteiger partial charge in [-0.1, -0.05) is 180 Å². The summed E-state index contributed by atoms with van der Waals surface area (Å²) in [6.07, 6.45) is 11.6. The first-order chi connectivity index (χ1) is 48.2. The van der Waals surface area contributed by atoms with Gasteiger partial charge in [-0.2, -0.15) is 0 Å². The van der Waals surface area contributed by atoms with E-state index < -0.39 is 5.60 Å². The SMILES string of the molecule is CC(C)(C)OC(=O)N1CCC(Nc2ncc3c(n2)-c2ccccc2C(c2ccccc2Cl)C3)CC1.COc1ccc(CCNc2ncc3c(n2)-c2ccccc2C(c2ccc(Cl)cc2)C3)cc1.COc1ccc(CCNc2ncc3c(n2)-c2ccccc2C(c2ccccc2Cl)C3)cc1. The van der Waals surface area contributed by atoms with Crippen molar-refractivity contribution in [3.63, 3.8) is 0 Å². The fourth-order valence-corrected chi connectivity index (χ4v) is 14.3. The first kappa shape index (κ1) is 67.7. The fraction of sp³-hybridized carbons (Fsp3) is 0.256. The zero-order valence-electron chi connectivity index (χ0n) is 56.2. The number of hydrogen-bond donors (Lipinski definition) is 3. The number of likely N-dealkylation sites (tertiary alicyclic amines) is 1. The Morgan fingerprint density at radius 1 is 0.475 bits per heavy atom. The van der Waals surface area contributed by atoms with Crippen LogP contribution in [0.1, 0.15) is 113 Å². The minimum absolute atomic E-state index is 0.173. The van der Waals surface area contributed by atoms with Crippen molar-refractivity contribution >= 4 is 58.7 Å². The van der Waals surface area contributed by atoms with E-state index in [2.05, 4.69) is 152 Å². The van der Waals surface area contributed by atoms with Gasteiger partial charge in [0.15, 0.2) is 0 Å². The Kier molecular flexibility index (Phi) is 21.1. The largest absolute Gasteiger partial charge is 0.497 e. The van der Waals surface area contributed by atoms with Crippen LogP contribution in [0.25, 0.3) is 33.8 Å². The number of aromatic nitrogens is 6. The predicted octanol–water partition coefficient (Wildman–Crippen LogP) is 18.6. The number of amides is 1. The van der Waals surface area contributed by atoms with E-state index in [0.29, 0.717) is 30.9 Å². The lowest BCUT2D eigenvalue weighted by molar-refractivity contribution is 0.0210. The molecule has 15 rings (SSSR count). The Morgan fingerprint density at radius 3 is 1.28 bits per heavy atom. The summed E-state index contributed by atoms with van der Waals surface area (Å²) in [6.45, 7) is 8.50. The van der Waals surface area contributed by atoms with Crippen LogP contribution in [0.4, 0.5) is 22.6 Å². The normalized spacial score (nSPS) is 15.6. The number of ether oxygens (including phenoxy) is 3. The molecule has 11 aromatic rings. The molecule has 17 heteroatoms. The number of hydrogen-bond acceptors (Lipinski definition) is 13. The van der Waals surface area contributed by atoms with Crippen LogP contribution in [0.3, 0.4) is 0 Å². The van der Waals surface area contributed by atoms with E-state index in [1.165, 1.54) is 44.5 Å². The smallest absolute Gasteiger partial charge is 0.410 e. The van der Waals surface area contributed by atoms with E-state index >= 15 is 0 Å². The molecule has 8 aromatic carbocycles. The summed E-state index contributed by atoms with van der Waals surface area (Å²) in [7, 11) is 3.36. The minimum Gasteiger partial charge on any atom is -0.497 e. The molecular weight excluding hydrogens is 1300 g/mol. The summed E-state index contributed by atoms with van der Waals surface area (Å²) in [5, 5.41) is 12.6. The summed E-state index contributed by atoms with van der Waals surface area (Å²) < 4.78 is 16.0. The van der Waals surface area contributed by atoms with Gasteiger partial charge in [0.2, 0.25) is 17.8 Å². The Balaban J connectivity index is 0.000000134. The summed E-state index contributed by atoms with van der Waals surface area (Å²) in [5.74, 6) is 4.33. The van der Waals surface area contributed by atoms with Crippen molar-refractivity contribution in [2.24, 2.45) is 0 Å². The van der Waals surface area contributed by atoms with Crippen molar-refractivity contribution in [2.45, 2.75) is 95.1 Å². The van der Waals surface area contributed by atoms with Crippen molar-refractivity contribution in [2.75, 3.05) is 56.3 Å². The molecule has 0 saturated carbocycles. The van der Waals surface area contributed by atoms with Crippen LogP contribution >= 0.6 is 34.8 Å². The molecule has 3 aromatic heterocycles. The molecule has 3 aliphatic carbocycles. The van der Waals surface area contributed by atoms with E-state index in [1.54, 1.807) is 19.1 Å². The lowest BCUT2D eigenvalue weighted by Crippen LogP contribution is -2.44. The fourth-order valence-electron chi connectivity index (χ4n) is 13.6. The summed E-state index contributed by atoms with van der Waals surface area (Å²) in [5.41, 5.74) is 19.2. The van der Waals surface area contributed by atoms with Crippen molar-refractivity contribution in [1.29, 1.82) is 0 Å². The van der Waals surface area contributed by atoms with Gasteiger partial charge in [-0.05, 0) is 175 Å². The second-order valence-corrected chi connectivity index (χ2v) is 27.5. The number of carbonyl (C=O) groups is 1. The van der Waals surface area contributed by atoms with Gasteiger partial charge < -0.3 is 35.1 Å². The van der Waals surface area contributed by atoms with Crippen LogP contribution in [0.2, 0.25) is 15.1 Å². The third-order valence-corrected chi connectivity index (χ3v) is 19.6. The highest BCUT2D eigenvalue weighted by Gasteiger charge is 2.33. The van der Waals surface area contributed by atoms with Gasteiger partial charge in [-0.15, -0.1) is 0 Å². The van der Waals surface area contributed by atoms with Crippen LogP contribution in [-0.2, 0) is 36.8 Å². The zero-order valence-corrected chi connectivity index (χ0v) is 58.5. The average Bonchev–Trinajstić information content (AvgIpc) is 0.773. The van der Waals surface area contributed by atoms with Gasteiger partial charge >= 0.3 is 6.09 Å². The molecule has 1 saturated heterocycles. The highest BCUT2D eigenvalue weighted by molar-refractivity contribution is 6.32. The number of benzene rings is 8. The molecule has 1 aliphatic heterocycles. The number of methoxy groups -OCH3 is 2. The summed E-state index contributed by atoms with van der Waals surface area (Å²) in [4.78, 5) is 42.7. The molecule has 502 valence electrons. The third-order valence-electron chi connectivity index (χ3n) is 18.7. The van der Waals surface area contributed by atoms with Gasteiger partial charge in [0.25, 0.3) is 0 Å². The monoisotopic (exact) mass is 1370 g/mol. The van der Waals surface area contributed by atoms with Crippen molar-refractivity contribution in [3.8, 4) is 45.3 Å².